The van der Waals surface area contributed by atoms with E-state index in [4.69, 9.17) is 0 Å². The first kappa shape index (κ1) is 10.7. The van der Waals surface area contributed by atoms with Crippen molar-refractivity contribution in [3.05, 3.63) is 0 Å². The van der Waals surface area contributed by atoms with E-state index >= 15 is 0 Å². The lowest BCUT2D eigenvalue weighted by atomic mass is 10.1. The summed E-state index contributed by atoms with van der Waals surface area (Å²) >= 11 is 0. The topological polar surface area (TPSA) is 35.6 Å². The van der Waals surface area contributed by atoms with Crippen LogP contribution in [0.4, 0.5) is 4.79 Å². The van der Waals surface area contributed by atoms with Crippen LogP contribution in [0.1, 0.15) is 26.2 Å². The Balaban J connectivity index is 1.88. The van der Waals surface area contributed by atoms with Crippen molar-refractivity contribution in [1.82, 2.24) is 15.1 Å². The number of amides is 2. The third-order valence-corrected chi connectivity index (χ3v) is 3.27. The zero-order valence-corrected chi connectivity index (χ0v) is 9.54. The van der Waals surface area contributed by atoms with E-state index in [0.29, 0.717) is 6.04 Å². The summed E-state index contributed by atoms with van der Waals surface area (Å²) in [6, 6.07) is 0.690. The number of hydrogen-bond acceptors (Lipinski definition) is 2. The van der Waals surface area contributed by atoms with E-state index in [-0.39, 0.29) is 6.03 Å². The van der Waals surface area contributed by atoms with Crippen LogP contribution in [0.25, 0.3) is 0 Å². The van der Waals surface area contributed by atoms with E-state index in [9.17, 15) is 4.79 Å². The third kappa shape index (κ3) is 2.62. The van der Waals surface area contributed by atoms with Crippen LogP contribution in [0, 0.1) is 0 Å². The van der Waals surface area contributed by atoms with Gasteiger partial charge in [-0.3, -0.25) is 0 Å². The second kappa shape index (κ2) is 4.84. The molecular weight excluding hydrogens is 190 g/mol. The molecule has 0 saturated carbocycles. The molecule has 0 aromatic heterocycles. The minimum absolute atomic E-state index is 0.253. The molecule has 4 nitrogen and oxygen atoms in total. The molecule has 2 fully saturated rings. The minimum atomic E-state index is 0.253. The van der Waals surface area contributed by atoms with Gasteiger partial charge in [-0.1, -0.05) is 0 Å². The van der Waals surface area contributed by atoms with Crippen LogP contribution >= 0.6 is 0 Å². The zero-order chi connectivity index (χ0) is 10.7. The van der Waals surface area contributed by atoms with E-state index in [1.807, 2.05) is 9.80 Å². The summed E-state index contributed by atoms with van der Waals surface area (Å²) in [6.07, 6.45) is 3.63. The highest BCUT2D eigenvalue weighted by Crippen LogP contribution is 2.12. The molecule has 0 aliphatic carbocycles. The first-order valence-electron chi connectivity index (χ1n) is 6.04. The smallest absolute Gasteiger partial charge is 0.320 e. The van der Waals surface area contributed by atoms with Crippen molar-refractivity contribution in [1.29, 1.82) is 0 Å². The molecule has 15 heavy (non-hydrogen) atoms. The van der Waals surface area contributed by atoms with Gasteiger partial charge in [0.25, 0.3) is 0 Å². The van der Waals surface area contributed by atoms with E-state index in [1.54, 1.807) is 0 Å². The quantitative estimate of drug-likeness (QED) is 0.646. The number of nitrogens with zero attached hydrogens (tertiary/aromatic N) is 2. The molecule has 4 heteroatoms. The third-order valence-electron chi connectivity index (χ3n) is 3.27. The number of piperidine rings is 1. The van der Waals surface area contributed by atoms with Gasteiger partial charge in [-0.05, 0) is 26.2 Å². The summed E-state index contributed by atoms with van der Waals surface area (Å²) in [7, 11) is 0. The van der Waals surface area contributed by atoms with E-state index in [0.717, 1.165) is 32.7 Å². The minimum Gasteiger partial charge on any atom is -0.325 e. The van der Waals surface area contributed by atoms with Crippen LogP contribution in [0.2, 0.25) is 0 Å². The Kier molecular flexibility index (Phi) is 3.46. The first-order valence-corrected chi connectivity index (χ1v) is 6.04. The molecule has 0 unspecified atom stereocenters. The molecule has 1 atom stereocenters. The van der Waals surface area contributed by atoms with Crippen molar-refractivity contribution < 1.29 is 4.79 Å². The molecule has 86 valence electrons. The Labute approximate surface area is 91.6 Å². The molecule has 2 rings (SSSR count). The highest BCUT2D eigenvalue weighted by molar-refractivity contribution is 5.74. The molecule has 2 aliphatic heterocycles. The van der Waals surface area contributed by atoms with Crippen LogP contribution in [-0.4, -0.2) is 54.6 Å². The SMILES string of the molecule is C[C@@H]1CN(C(=O)N2CCCCC2)CCN1. The lowest BCUT2D eigenvalue weighted by Gasteiger charge is -2.37. The Morgan fingerprint density at radius 2 is 1.87 bits per heavy atom. The van der Waals surface area contributed by atoms with Crippen molar-refractivity contribution in [2.75, 3.05) is 32.7 Å². The highest BCUT2D eigenvalue weighted by Gasteiger charge is 2.25. The van der Waals surface area contributed by atoms with Gasteiger partial charge in [0.1, 0.15) is 0 Å². The van der Waals surface area contributed by atoms with Crippen LogP contribution in [0.15, 0.2) is 0 Å². The van der Waals surface area contributed by atoms with Gasteiger partial charge in [0.2, 0.25) is 0 Å². The summed E-state index contributed by atoms with van der Waals surface area (Å²) in [5.41, 5.74) is 0. The average Bonchev–Trinajstić information content (AvgIpc) is 2.29. The number of nitrogens with one attached hydrogen (secondary N) is 1. The first-order chi connectivity index (χ1) is 7.27. The van der Waals surface area contributed by atoms with Crippen molar-refractivity contribution >= 4 is 6.03 Å². The van der Waals surface area contributed by atoms with Crippen LogP contribution < -0.4 is 5.32 Å². The number of carbonyl (C=O) groups is 1. The Morgan fingerprint density at radius 1 is 1.13 bits per heavy atom. The van der Waals surface area contributed by atoms with Crippen molar-refractivity contribution in [3.63, 3.8) is 0 Å². The molecular formula is C11H21N3O. The number of piperazine rings is 1. The van der Waals surface area contributed by atoms with Crippen LogP contribution in [-0.2, 0) is 0 Å². The van der Waals surface area contributed by atoms with Gasteiger partial charge in [-0.15, -0.1) is 0 Å². The maximum absolute atomic E-state index is 12.1. The predicted octanol–water partition coefficient (Wildman–Crippen LogP) is 0.886. The van der Waals surface area contributed by atoms with Crippen molar-refractivity contribution in [2.45, 2.75) is 32.2 Å². The van der Waals surface area contributed by atoms with Gasteiger partial charge in [0, 0.05) is 38.8 Å². The number of rotatable bonds is 0. The fourth-order valence-corrected chi connectivity index (χ4v) is 2.39. The van der Waals surface area contributed by atoms with Crippen LogP contribution in [0.3, 0.4) is 0 Å². The molecule has 0 radical (unpaired) electrons. The Morgan fingerprint density at radius 3 is 2.53 bits per heavy atom. The fourth-order valence-electron chi connectivity index (χ4n) is 2.39. The standard InChI is InChI=1S/C11H21N3O/c1-10-9-14(8-5-12-10)11(15)13-6-3-2-4-7-13/h10,12H,2-9H2,1H3/t10-/m1/s1. The Hall–Kier alpha value is -0.770. The number of hydrogen-bond donors (Lipinski definition) is 1. The average molecular weight is 211 g/mol. The molecule has 2 saturated heterocycles. The Bertz CT molecular complexity index is 226. The second-order valence-corrected chi connectivity index (χ2v) is 4.63. The molecule has 0 aromatic rings. The molecule has 2 heterocycles. The monoisotopic (exact) mass is 211 g/mol. The summed E-state index contributed by atoms with van der Waals surface area (Å²) < 4.78 is 0. The van der Waals surface area contributed by atoms with Gasteiger partial charge >= 0.3 is 6.03 Å². The van der Waals surface area contributed by atoms with Gasteiger partial charge in [0.15, 0.2) is 0 Å². The molecule has 0 aromatic carbocycles. The predicted molar refractivity (Wildman–Crippen MR) is 59.9 cm³/mol. The van der Waals surface area contributed by atoms with Gasteiger partial charge in [0.05, 0.1) is 0 Å². The zero-order valence-electron chi connectivity index (χ0n) is 9.54. The molecule has 1 N–H and O–H groups in total. The summed E-state index contributed by atoms with van der Waals surface area (Å²) in [5.74, 6) is 0. The summed E-state index contributed by atoms with van der Waals surface area (Å²) in [6.45, 7) is 6.69. The van der Waals surface area contributed by atoms with Crippen molar-refractivity contribution in [3.8, 4) is 0 Å². The highest BCUT2D eigenvalue weighted by atomic mass is 16.2. The van der Waals surface area contributed by atoms with Gasteiger partial charge in [-0.25, -0.2) is 4.79 Å². The second-order valence-electron chi connectivity index (χ2n) is 4.63. The van der Waals surface area contributed by atoms with Gasteiger partial charge < -0.3 is 15.1 Å². The lowest BCUT2D eigenvalue weighted by Crippen LogP contribution is -2.55. The van der Waals surface area contributed by atoms with Crippen molar-refractivity contribution in [2.24, 2.45) is 0 Å². The number of likely N-dealkylation sites (tertiary alicyclic amines) is 1. The fraction of sp³-hybridized carbons (Fsp3) is 0.909. The lowest BCUT2D eigenvalue weighted by molar-refractivity contribution is 0.130. The normalized spacial score (nSPS) is 27.9. The number of carbonyl (C=O) groups excluding carboxylic acids is 1. The summed E-state index contributed by atoms with van der Waals surface area (Å²) in [5, 5.41) is 3.36. The van der Waals surface area contributed by atoms with E-state index in [1.165, 1.54) is 19.3 Å². The van der Waals surface area contributed by atoms with E-state index < -0.39 is 0 Å². The largest absolute Gasteiger partial charge is 0.325 e. The maximum atomic E-state index is 12.1. The van der Waals surface area contributed by atoms with Crippen LogP contribution in [0.5, 0.6) is 0 Å². The maximum Gasteiger partial charge on any atom is 0.320 e. The molecule has 0 bridgehead atoms. The molecule has 0 spiro atoms. The summed E-state index contributed by atoms with van der Waals surface area (Å²) in [4.78, 5) is 16.1. The van der Waals surface area contributed by atoms with Gasteiger partial charge in [-0.2, -0.15) is 0 Å². The molecule has 2 aliphatic rings. The molecule has 2 amide bonds. The number of urea groups is 1. The van der Waals surface area contributed by atoms with E-state index in [2.05, 4.69) is 12.2 Å².